The summed E-state index contributed by atoms with van der Waals surface area (Å²) in [6.07, 6.45) is 5.76. The quantitative estimate of drug-likeness (QED) is 0.459. The first kappa shape index (κ1) is 16.3. The summed E-state index contributed by atoms with van der Waals surface area (Å²) in [5, 5.41) is 0. The van der Waals surface area contributed by atoms with Gasteiger partial charge in [0.25, 0.3) is 0 Å². The molecule has 3 saturated carbocycles. The Bertz CT molecular complexity index is 1120. The molecule has 0 radical (unpaired) electrons. The Kier molecular flexibility index (Phi) is 3.11. The highest BCUT2D eigenvalue weighted by atomic mass is 15.1. The lowest BCUT2D eigenvalue weighted by molar-refractivity contribution is -0.144. The van der Waals surface area contributed by atoms with Gasteiger partial charge in [-0.2, -0.15) is 0 Å². The van der Waals surface area contributed by atoms with E-state index in [1.807, 2.05) is 0 Å². The predicted molar refractivity (Wildman–Crippen MR) is 120 cm³/mol. The summed E-state index contributed by atoms with van der Waals surface area (Å²) in [6.45, 7) is 0. The highest BCUT2D eigenvalue weighted by Crippen LogP contribution is 2.80. The minimum atomic E-state index is 0.622. The first-order valence-electron chi connectivity index (χ1n) is 11.3. The lowest BCUT2D eigenvalue weighted by Crippen LogP contribution is -2.59. The van der Waals surface area contributed by atoms with Crippen molar-refractivity contribution in [2.45, 2.75) is 37.5 Å². The zero-order valence-corrected chi connectivity index (χ0v) is 17.0. The average Bonchev–Trinajstić information content (AvgIpc) is 3.13. The Morgan fingerprint density at radius 1 is 0.759 bits per heavy atom. The molecule has 7 rings (SSSR count). The molecule has 0 aromatic heterocycles. The van der Waals surface area contributed by atoms with Gasteiger partial charge in [0.05, 0.1) is 0 Å². The third kappa shape index (κ3) is 1.92. The molecule has 0 aliphatic heterocycles. The summed E-state index contributed by atoms with van der Waals surface area (Å²) in [5.41, 5.74) is 9.47. The van der Waals surface area contributed by atoms with E-state index in [4.69, 9.17) is 0 Å². The van der Waals surface area contributed by atoms with Crippen LogP contribution in [0.25, 0.3) is 11.1 Å². The topological polar surface area (TPSA) is 3.24 Å². The molecule has 5 unspecified atom stereocenters. The lowest BCUT2D eigenvalue weighted by Gasteiger charge is -2.67. The summed E-state index contributed by atoms with van der Waals surface area (Å²) in [5.74, 6) is 3.48. The van der Waals surface area contributed by atoms with Gasteiger partial charge in [-0.3, -0.25) is 0 Å². The van der Waals surface area contributed by atoms with Crippen LogP contribution in [-0.2, 0) is 0 Å². The lowest BCUT2D eigenvalue weighted by atomic mass is 9.37. The van der Waals surface area contributed by atoms with Gasteiger partial charge in [0.1, 0.15) is 0 Å². The normalized spacial score (nSPS) is 32.6. The molecule has 3 fully saturated rings. The van der Waals surface area contributed by atoms with Crippen LogP contribution < -0.4 is 4.90 Å². The molecule has 0 N–H and O–H groups in total. The van der Waals surface area contributed by atoms with Crippen molar-refractivity contribution >= 4 is 11.4 Å². The maximum absolute atomic E-state index is 2.46. The van der Waals surface area contributed by atoms with Gasteiger partial charge >= 0.3 is 0 Å². The van der Waals surface area contributed by atoms with Crippen molar-refractivity contribution in [1.29, 1.82) is 0 Å². The monoisotopic (exact) mass is 377 g/mol. The van der Waals surface area contributed by atoms with Crippen LogP contribution >= 0.6 is 0 Å². The third-order valence-corrected chi connectivity index (χ3v) is 9.05. The van der Waals surface area contributed by atoms with Gasteiger partial charge in [-0.1, -0.05) is 54.6 Å². The SMILES string of the molecule is CN(c1ccccc1)c1cccc2c1-c1ccccc1C1CC3CC4CC2C34C1. The molecule has 0 saturated heterocycles. The summed E-state index contributed by atoms with van der Waals surface area (Å²) < 4.78 is 0. The van der Waals surface area contributed by atoms with Crippen LogP contribution in [0.5, 0.6) is 0 Å². The fourth-order valence-electron chi connectivity index (χ4n) is 7.77. The molecule has 4 aliphatic carbocycles. The van der Waals surface area contributed by atoms with Crippen molar-refractivity contribution in [2.75, 3.05) is 11.9 Å². The predicted octanol–water partition coefficient (Wildman–Crippen LogP) is 7.12. The summed E-state index contributed by atoms with van der Waals surface area (Å²) in [4.78, 5) is 2.39. The van der Waals surface area contributed by atoms with Crippen molar-refractivity contribution in [3.05, 3.63) is 83.9 Å². The van der Waals surface area contributed by atoms with Crippen molar-refractivity contribution in [3.63, 3.8) is 0 Å². The number of rotatable bonds is 2. The van der Waals surface area contributed by atoms with Crippen LogP contribution in [0.3, 0.4) is 0 Å². The van der Waals surface area contributed by atoms with Crippen LogP contribution in [0.15, 0.2) is 72.8 Å². The van der Waals surface area contributed by atoms with Crippen LogP contribution in [0.4, 0.5) is 11.4 Å². The molecule has 0 heterocycles. The second-order valence-corrected chi connectivity index (χ2v) is 9.89. The van der Waals surface area contributed by atoms with Gasteiger partial charge in [0.2, 0.25) is 0 Å². The van der Waals surface area contributed by atoms with Gasteiger partial charge < -0.3 is 4.90 Å². The van der Waals surface area contributed by atoms with Gasteiger partial charge in [0, 0.05) is 24.0 Å². The van der Waals surface area contributed by atoms with E-state index in [9.17, 15) is 0 Å². The molecule has 0 amide bonds. The molecule has 1 nitrogen and oxygen atoms in total. The zero-order valence-electron chi connectivity index (χ0n) is 17.0. The van der Waals surface area contributed by atoms with Crippen molar-refractivity contribution in [1.82, 2.24) is 0 Å². The number of hydrogen-bond acceptors (Lipinski definition) is 1. The number of para-hydroxylation sites is 1. The first-order valence-corrected chi connectivity index (χ1v) is 11.3. The maximum Gasteiger partial charge on any atom is 0.0490 e. The molecule has 2 bridgehead atoms. The van der Waals surface area contributed by atoms with E-state index in [2.05, 4.69) is 84.7 Å². The molecule has 1 spiro atoms. The van der Waals surface area contributed by atoms with E-state index < -0.39 is 0 Å². The van der Waals surface area contributed by atoms with Gasteiger partial charge in [-0.25, -0.2) is 0 Å². The maximum atomic E-state index is 2.46. The molecule has 4 aliphatic rings. The van der Waals surface area contributed by atoms with E-state index in [0.717, 1.165) is 23.7 Å². The smallest absolute Gasteiger partial charge is 0.0490 e. The van der Waals surface area contributed by atoms with E-state index in [1.54, 1.807) is 11.1 Å². The van der Waals surface area contributed by atoms with E-state index in [0.29, 0.717) is 5.41 Å². The largest absolute Gasteiger partial charge is 0.344 e. The highest BCUT2D eigenvalue weighted by Gasteiger charge is 2.70. The summed E-state index contributed by atoms with van der Waals surface area (Å²) in [6, 6.07) is 27.2. The standard InChI is InChI=1S/C28H27N/c1-29(21-8-3-2-4-9-21)26-13-7-12-24-25-16-20-15-19-14-18(17-28(19,20)25)22-10-5-6-11-23(22)27(24)26/h2-13,18-20,25H,14-17H2,1H3. The van der Waals surface area contributed by atoms with Crippen LogP contribution in [-0.4, -0.2) is 7.05 Å². The molecule has 29 heavy (non-hydrogen) atoms. The number of benzene rings is 3. The van der Waals surface area contributed by atoms with Gasteiger partial charge in [0.15, 0.2) is 0 Å². The molecule has 144 valence electrons. The van der Waals surface area contributed by atoms with Crippen LogP contribution in [0.1, 0.15) is 48.6 Å². The molecule has 3 aromatic carbocycles. The molecular weight excluding hydrogens is 350 g/mol. The number of nitrogens with zero attached hydrogens (tertiary/aromatic N) is 1. The van der Waals surface area contributed by atoms with Gasteiger partial charge in [-0.05, 0) is 89.7 Å². The second kappa shape index (κ2) is 5.53. The fraction of sp³-hybridized carbons (Fsp3) is 0.357. The third-order valence-electron chi connectivity index (χ3n) is 9.05. The number of anilines is 2. The average molecular weight is 378 g/mol. The minimum Gasteiger partial charge on any atom is -0.344 e. The Balaban J connectivity index is 1.50. The zero-order chi connectivity index (χ0) is 19.2. The van der Waals surface area contributed by atoms with Crippen LogP contribution in [0.2, 0.25) is 0 Å². The molecule has 5 atom stereocenters. The van der Waals surface area contributed by atoms with Crippen molar-refractivity contribution in [2.24, 2.45) is 17.3 Å². The Hall–Kier alpha value is -2.54. The Morgan fingerprint density at radius 2 is 1.52 bits per heavy atom. The summed E-state index contributed by atoms with van der Waals surface area (Å²) in [7, 11) is 2.23. The van der Waals surface area contributed by atoms with Crippen molar-refractivity contribution in [3.8, 4) is 11.1 Å². The van der Waals surface area contributed by atoms with E-state index in [-0.39, 0.29) is 0 Å². The first-order chi connectivity index (χ1) is 14.3. The molecule has 1 heteroatoms. The fourth-order valence-corrected chi connectivity index (χ4v) is 7.77. The van der Waals surface area contributed by atoms with E-state index >= 15 is 0 Å². The number of hydrogen-bond donors (Lipinski definition) is 0. The van der Waals surface area contributed by atoms with Crippen LogP contribution in [0, 0.1) is 17.3 Å². The van der Waals surface area contributed by atoms with Crippen molar-refractivity contribution < 1.29 is 0 Å². The molecule has 3 aromatic rings. The minimum absolute atomic E-state index is 0.622. The number of fused-ring (bicyclic) bond motifs is 6. The Labute approximate surface area is 173 Å². The van der Waals surface area contributed by atoms with Gasteiger partial charge in [-0.15, -0.1) is 0 Å². The second-order valence-electron chi connectivity index (χ2n) is 9.89. The molecular formula is C28H27N. The Morgan fingerprint density at radius 3 is 2.38 bits per heavy atom. The summed E-state index contributed by atoms with van der Waals surface area (Å²) >= 11 is 0. The highest BCUT2D eigenvalue weighted by molar-refractivity contribution is 5.87. The van der Waals surface area contributed by atoms with E-state index in [1.165, 1.54) is 48.2 Å².